The van der Waals surface area contributed by atoms with E-state index in [9.17, 15) is 4.39 Å². The largest absolute Gasteiger partial charge is 0.396 e. The van der Waals surface area contributed by atoms with Crippen molar-refractivity contribution in [2.24, 2.45) is 7.05 Å². The molecule has 120 valence electrons. The molecule has 0 saturated carbocycles. The molecule has 3 N–H and O–H groups in total. The summed E-state index contributed by atoms with van der Waals surface area (Å²) in [7, 11) is 1.80. The lowest BCUT2D eigenvalue weighted by atomic mass is 10.3. The van der Waals surface area contributed by atoms with Crippen LogP contribution in [0.25, 0.3) is 11.0 Å². The van der Waals surface area contributed by atoms with E-state index in [-0.39, 0.29) is 12.4 Å². The summed E-state index contributed by atoms with van der Waals surface area (Å²) in [5.41, 5.74) is 1.40. The first kappa shape index (κ1) is 15.2. The fourth-order valence-corrected chi connectivity index (χ4v) is 2.15. The highest BCUT2D eigenvalue weighted by Crippen LogP contribution is 2.24. The number of aromatic nitrogens is 4. The molecule has 0 radical (unpaired) electrons. The van der Waals surface area contributed by atoms with Gasteiger partial charge < -0.3 is 15.7 Å². The monoisotopic (exact) mass is 316 g/mol. The maximum absolute atomic E-state index is 13.0. The number of nitrogens with one attached hydrogen (secondary N) is 2. The minimum atomic E-state index is -0.295. The van der Waals surface area contributed by atoms with E-state index in [1.807, 2.05) is 0 Å². The Balaban J connectivity index is 1.94. The van der Waals surface area contributed by atoms with Gasteiger partial charge in [0.15, 0.2) is 5.65 Å². The smallest absolute Gasteiger partial charge is 0.226 e. The molecular formula is C15H17FN6O. The van der Waals surface area contributed by atoms with E-state index in [2.05, 4.69) is 25.7 Å². The number of nitrogens with zero attached hydrogens (tertiary/aromatic N) is 4. The average molecular weight is 316 g/mol. The van der Waals surface area contributed by atoms with Crippen LogP contribution in [0.2, 0.25) is 0 Å². The van der Waals surface area contributed by atoms with Crippen LogP contribution in [0.4, 0.5) is 21.8 Å². The van der Waals surface area contributed by atoms with E-state index in [0.717, 1.165) is 11.1 Å². The third-order valence-electron chi connectivity index (χ3n) is 3.32. The minimum Gasteiger partial charge on any atom is -0.396 e. The molecule has 0 amide bonds. The number of benzene rings is 1. The summed E-state index contributed by atoms with van der Waals surface area (Å²) in [5.74, 6) is 0.733. The number of aliphatic hydroxyl groups excluding tert-OH is 1. The van der Waals surface area contributed by atoms with Gasteiger partial charge in [-0.2, -0.15) is 15.1 Å². The highest BCUT2D eigenvalue weighted by Gasteiger charge is 2.11. The maximum Gasteiger partial charge on any atom is 0.226 e. The second kappa shape index (κ2) is 6.57. The minimum absolute atomic E-state index is 0.0989. The van der Waals surface area contributed by atoms with E-state index in [1.54, 1.807) is 30.1 Å². The molecule has 0 saturated heterocycles. The van der Waals surface area contributed by atoms with E-state index in [1.165, 1.54) is 12.1 Å². The number of aryl methyl sites for hydroxylation is 1. The summed E-state index contributed by atoms with van der Waals surface area (Å²) >= 11 is 0. The van der Waals surface area contributed by atoms with E-state index < -0.39 is 0 Å². The third kappa shape index (κ3) is 3.37. The Labute approximate surface area is 132 Å². The Bertz CT molecular complexity index is 802. The number of halogens is 1. The lowest BCUT2D eigenvalue weighted by molar-refractivity contribution is 0.292. The molecule has 1 aromatic carbocycles. The zero-order valence-corrected chi connectivity index (χ0v) is 12.6. The molecule has 0 bridgehead atoms. The van der Waals surface area contributed by atoms with Crippen molar-refractivity contribution in [2.75, 3.05) is 23.8 Å². The molecule has 0 aliphatic heterocycles. The Morgan fingerprint density at radius 2 is 2.00 bits per heavy atom. The van der Waals surface area contributed by atoms with Gasteiger partial charge in [-0.1, -0.05) is 0 Å². The van der Waals surface area contributed by atoms with Crippen LogP contribution in [0.1, 0.15) is 6.42 Å². The summed E-state index contributed by atoms with van der Waals surface area (Å²) < 4.78 is 14.7. The molecule has 2 aromatic heterocycles. The molecule has 3 rings (SSSR count). The standard InChI is InChI=1S/C15H17FN6O/c1-22-14-12(9-18-22)13(19-11-5-3-10(16)4-6-11)20-15(21-14)17-7-2-8-23/h3-6,9,23H,2,7-8H2,1H3,(H2,17,19,20,21). The highest BCUT2D eigenvalue weighted by atomic mass is 19.1. The number of hydrogen-bond acceptors (Lipinski definition) is 6. The van der Waals surface area contributed by atoms with Crippen LogP contribution in [0, 0.1) is 5.82 Å². The molecule has 7 nitrogen and oxygen atoms in total. The zero-order chi connectivity index (χ0) is 16.2. The summed E-state index contributed by atoms with van der Waals surface area (Å²) in [4.78, 5) is 8.86. The Kier molecular flexibility index (Phi) is 4.33. The van der Waals surface area contributed by atoms with Crippen molar-refractivity contribution in [3.05, 3.63) is 36.3 Å². The fraction of sp³-hybridized carbons (Fsp3) is 0.267. The van der Waals surface area contributed by atoms with Gasteiger partial charge in [0.25, 0.3) is 0 Å². The van der Waals surface area contributed by atoms with Crippen LogP contribution in [0.15, 0.2) is 30.5 Å². The van der Waals surface area contributed by atoms with Crippen LogP contribution in [0.5, 0.6) is 0 Å². The van der Waals surface area contributed by atoms with Gasteiger partial charge in [-0.3, -0.25) is 4.68 Å². The van der Waals surface area contributed by atoms with Gasteiger partial charge in [-0.25, -0.2) is 4.39 Å². The van der Waals surface area contributed by atoms with Gasteiger partial charge in [0.1, 0.15) is 11.6 Å². The average Bonchev–Trinajstić information content (AvgIpc) is 2.92. The molecule has 0 unspecified atom stereocenters. The molecule has 0 aliphatic rings. The molecule has 0 fully saturated rings. The number of aliphatic hydroxyl groups is 1. The first-order valence-corrected chi connectivity index (χ1v) is 7.24. The molecule has 3 aromatic rings. The first-order chi connectivity index (χ1) is 11.2. The van der Waals surface area contributed by atoms with Crippen LogP contribution >= 0.6 is 0 Å². The second-order valence-electron chi connectivity index (χ2n) is 5.04. The van der Waals surface area contributed by atoms with Crippen LogP contribution < -0.4 is 10.6 Å². The van der Waals surface area contributed by atoms with Crippen molar-refractivity contribution in [1.82, 2.24) is 19.7 Å². The van der Waals surface area contributed by atoms with E-state index >= 15 is 0 Å². The lowest BCUT2D eigenvalue weighted by Gasteiger charge is -2.10. The normalized spacial score (nSPS) is 10.9. The predicted octanol–water partition coefficient (Wildman–Crippen LogP) is 2.04. The molecule has 0 atom stereocenters. The van der Waals surface area contributed by atoms with Crippen molar-refractivity contribution < 1.29 is 9.50 Å². The second-order valence-corrected chi connectivity index (χ2v) is 5.04. The quantitative estimate of drug-likeness (QED) is 0.603. The molecule has 23 heavy (non-hydrogen) atoms. The van der Waals surface area contributed by atoms with E-state index in [0.29, 0.717) is 30.4 Å². The predicted molar refractivity (Wildman–Crippen MR) is 86.2 cm³/mol. The molecule has 0 spiro atoms. The molecule has 8 heteroatoms. The Morgan fingerprint density at radius 1 is 1.22 bits per heavy atom. The molecule has 2 heterocycles. The number of fused-ring (bicyclic) bond motifs is 1. The van der Waals surface area contributed by atoms with Gasteiger partial charge in [-0.15, -0.1) is 0 Å². The first-order valence-electron chi connectivity index (χ1n) is 7.24. The topological polar surface area (TPSA) is 87.9 Å². The van der Waals surface area contributed by atoms with Gasteiger partial charge in [0.2, 0.25) is 5.95 Å². The molecule has 0 aliphatic carbocycles. The van der Waals surface area contributed by atoms with Crippen molar-refractivity contribution in [3.8, 4) is 0 Å². The number of hydrogen-bond donors (Lipinski definition) is 3. The summed E-state index contributed by atoms with van der Waals surface area (Å²) in [5, 5.41) is 20.0. The van der Waals surface area contributed by atoms with Gasteiger partial charge >= 0.3 is 0 Å². The number of anilines is 3. The lowest BCUT2D eigenvalue weighted by Crippen LogP contribution is -2.09. The van der Waals surface area contributed by atoms with E-state index in [4.69, 9.17) is 5.11 Å². The van der Waals surface area contributed by atoms with Crippen molar-refractivity contribution in [1.29, 1.82) is 0 Å². The van der Waals surface area contributed by atoms with Crippen LogP contribution in [0.3, 0.4) is 0 Å². The third-order valence-corrected chi connectivity index (χ3v) is 3.32. The maximum atomic E-state index is 13.0. The van der Waals surface area contributed by atoms with Gasteiger partial charge in [0, 0.05) is 25.9 Å². The summed E-state index contributed by atoms with van der Waals surface area (Å²) in [6.45, 7) is 0.664. The summed E-state index contributed by atoms with van der Waals surface area (Å²) in [6.07, 6.45) is 2.28. The highest BCUT2D eigenvalue weighted by molar-refractivity contribution is 5.89. The fourth-order valence-electron chi connectivity index (χ4n) is 2.15. The Hall–Kier alpha value is -2.74. The van der Waals surface area contributed by atoms with Gasteiger partial charge in [-0.05, 0) is 30.7 Å². The van der Waals surface area contributed by atoms with Gasteiger partial charge in [0.05, 0.1) is 11.6 Å². The SMILES string of the molecule is Cn1ncc2c(Nc3ccc(F)cc3)nc(NCCCO)nc21. The number of rotatable bonds is 6. The zero-order valence-electron chi connectivity index (χ0n) is 12.6. The van der Waals surface area contributed by atoms with Crippen molar-refractivity contribution in [2.45, 2.75) is 6.42 Å². The molecular weight excluding hydrogens is 299 g/mol. The van der Waals surface area contributed by atoms with Crippen LogP contribution in [-0.2, 0) is 7.05 Å². The summed E-state index contributed by atoms with van der Waals surface area (Å²) in [6, 6.07) is 6.03. The van der Waals surface area contributed by atoms with Crippen molar-refractivity contribution in [3.63, 3.8) is 0 Å². The Morgan fingerprint density at radius 3 is 2.74 bits per heavy atom. The van der Waals surface area contributed by atoms with Crippen molar-refractivity contribution >= 4 is 28.5 Å². The van der Waals surface area contributed by atoms with Crippen LogP contribution in [-0.4, -0.2) is 38.0 Å².